The summed E-state index contributed by atoms with van der Waals surface area (Å²) >= 11 is 0. The molecule has 0 aliphatic carbocycles. The van der Waals surface area contributed by atoms with Crippen molar-refractivity contribution in [2.24, 2.45) is 7.05 Å². The summed E-state index contributed by atoms with van der Waals surface area (Å²) in [6.45, 7) is 3.65. The second-order valence-corrected chi connectivity index (χ2v) is 8.17. The largest absolute Gasteiger partial charge is 0.497 e. The van der Waals surface area contributed by atoms with Crippen molar-refractivity contribution >= 4 is 39.9 Å². The highest BCUT2D eigenvalue weighted by Crippen LogP contribution is 2.23. The number of methoxy groups -OCH3 is 1. The van der Waals surface area contributed by atoms with Crippen LogP contribution in [0.15, 0.2) is 55.0 Å². The van der Waals surface area contributed by atoms with E-state index in [1.807, 2.05) is 6.92 Å². The molecular formula is C25H23N7O3. The van der Waals surface area contributed by atoms with E-state index >= 15 is 0 Å². The van der Waals surface area contributed by atoms with Crippen LogP contribution in [0.1, 0.15) is 32.1 Å². The van der Waals surface area contributed by atoms with Crippen LogP contribution in [0.25, 0.3) is 16.7 Å². The molecule has 0 radical (unpaired) electrons. The highest BCUT2D eigenvalue weighted by molar-refractivity contribution is 6.07. The number of rotatable bonds is 5. The Bertz CT molecular complexity index is 1620. The molecule has 0 spiro atoms. The Kier molecular flexibility index (Phi) is 5.40. The third kappa shape index (κ3) is 4.05. The molecule has 10 heteroatoms. The minimum Gasteiger partial charge on any atom is -0.497 e. The van der Waals surface area contributed by atoms with E-state index in [1.165, 1.54) is 6.20 Å². The number of nitrogens with one attached hydrogen (secondary N) is 2. The van der Waals surface area contributed by atoms with Crippen LogP contribution < -0.4 is 15.4 Å². The number of hydrogen-bond donors (Lipinski definition) is 2. The van der Waals surface area contributed by atoms with E-state index in [2.05, 4.69) is 25.7 Å². The molecular weight excluding hydrogens is 446 g/mol. The van der Waals surface area contributed by atoms with E-state index in [0.717, 1.165) is 16.6 Å². The number of benzene rings is 1. The molecule has 2 N–H and O–H groups in total. The number of imidazole rings is 1. The van der Waals surface area contributed by atoms with Crippen molar-refractivity contribution < 1.29 is 14.3 Å². The van der Waals surface area contributed by atoms with E-state index in [-0.39, 0.29) is 11.8 Å². The first kappa shape index (κ1) is 22.1. The molecule has 0 bridgehead atoms. The third-order valence-corrected chi connectivity index (χ3v) is 5.85. The molecule has 5 rings (SSSR count). The lowest BCUT2D eigenvalue weighted by atomic mass is 10.1. The zero-order valence-electron chi connectivity index (χ0n) is 19.7. The number of carbonyl (C=O) groups is 2. The Labute approximate surface area is 200 Å². The average Bonchev–Trinajstić information content (AvgIpc) is 3.42. The molecule has 4 aromatic heterocycles. The summed E-state index contributed by atoms with van der Waals surface area (Å²) < 4.78 is 8.58. The molecule has 0 aliphatic rings. The van der Waals surface area contributed by atoms with Gasteiger partial charge in [0.05, 0.1) is 36.3 Å². The van der Waals surface area contributed by atoms with E-state index in [0.29, 0.717) is 39.7 Å². The molecule has 0 unspecified atom stereocenters. The summed E-state index contributed by atoms with van der Waals surface area (Å²) in [5.74, 6) is 0.0962. The van der Waals surface area contributed by atoms with Gasteiger partial charge in [-0.2, -0.15) is 5.10 Å². The topological polar surface area (TPSA) is 115 Å². The van der Waals surface area contributed by atoms with Crippen molar-refractivity contribution in [3.05, 3.63) is 77.5 Å². The minimum atomic E-state index is -0.297. The summed E-state index contributed by atoms with van der Waals surface area (Å²) in [5, 5.41) is 10.0. The number of nitrogens with zero attached hydrogens (tertiary/aromatic N) is 5. The number of pyridine rings is 2. The highest BCUT2D eigenvalue weighted by atomic mass is 16.5. The number of aryl methyl sites for hydroxylation is 3. The van der Waals surface area contributed by atoms with Crippen molar-refractivity contribution in [3.63, 3.8) is 0 Å². The van der Waals surface area contributed by atoms with Gasteiger partial charge in [-0.3, -0.25) is 18.7 Å². The Morgan fingerprint density at radius 3 is 2.60 bits per heavy atom. The number of anilines is 2. The average molecular weight is 470 g/mol. The normalized spacial score (nSPS) is 11.1. The second-order valence-electron chi connectivity index (χ2n) is 8.17. The zero-order valence-corrected chi connectivity index (χ0v) is 19.7. The second kappa shape index (κ2) is 8.56. The van der Waals surface area contributed by atoms with Gasteiger partial charge in [0.15, 0.2) is 0 Å². The number of hydrogen-bond acceptors (Lipinski definition) is 6. The number of ether oxygens (including phenoxy) is 1. The molecule has 35 heavy (non-hydrogen) atoms. The first-order valence-corrected chi connectivity index (χ1v) is 10.9. The van der Waals surface area contributed by atoms with Gasteiger partial charge in [-0.1, -0.05) is 0 Å². The maximum atomic E-state index is 12.9. The smallest absolute Gasteiger partial charge is 0.274 e. The summed E-state index contributed by atoms with van der Waals surface area (Å²) in [6.07, 6.45) is 4.93. The van der Waals surface area contributed by atoms with Crippen LogP contribution in [-0.4, -0.2) is 43.1 Å². The van der Waals surface area contributed by atoms with Gasteiger partial charge in [0, 0.05) is 30.7 Å². The molecule has 1 aromatic carbocycles. The van der Waals surface area contributed by atoms with E-state index in [9.17, 15) is 9.59 Å². The molecule has 0 aliphatic heterocycles. The third-order valence-electron chi connectivity index (χ3n) is 5.85. The van der Waals surface area contributed by atoms with E-state index < -0.39 is 0 Å². The van der Waals surface area contributed by atoms with Gasteiger partial charge in [-0.05, 0) is 49.7 Å². The van der Waals surface area contributed by atoms with Crippen molar-refractivity contribution in [2.45, 2.75) is 13.8 Å². The monoisotopic (exact) mass is 469 g/mol. The summed E-state index contributed by atoms with van der Waals surface area (Å²) in [4.78, 5) is 34.6. The number of amides is 2. The van der Waals surface area contributed by atoms with Crippen molar-refractivity contribution in [1.29, 1.82) is 0 Å². The lowest BCUT2D eigenvalue weighted by Crippen LogP contribution is -2.16. The van der Waals surface area contributed by atoms with Crippen LogP contribution in [0, 0.1) is 13.8 Å². The Morgan fingerprint density at radius 1 is 1.00 bits per heavy atom. The number of fused-ring (bicyclic) bond motifs is 2. The zero-order chi connectivity index (χ0) is 24.7. The van der Waals surface area contributed by atoms with Crippen LogP contribution in [0.3, 0.4) is 0 Å². The molecule has 4 heterocycles. The van der Waals surface area contributed by atoms with Crippen molar-refractivity contribution in [1.82, 2.24) is 24.1 Å². The highest BCUT2D eigenvalue weighted by Gasteiger charge is 2.16. The van der Waals surface area contributed by atoms with Crippen LogP contribution in [0.5, 0.6) is 5.75 Å². The first-order chi connectivity index (χ1) is 16.8. The lowest BCUT2D eigenvalue weighted by molar-refractivity contribution is 0.101. The maximum absolute atomic E-state index is 12.9. The van der Waals surface area contributed by atoms with E-state index in [4.69, 9.17) is 4.74 Å². The fourth-order valence-corrected chi connectivity index (χ4v) is 3.92. The van der Waals surface area contributed by atoms with Gasteiger partial charge in [-0.25, -0.2) is 9.97 Å². The van der Waals surface area contributed by atoms with E-state index in [1.54, 1.807) is 79.0 Å². The molecule has 0 atom stereocenters. The summed E-state index contributed by atoms with van der Waals surface area (Å²) in [5.41, 5.74) is 5.65. The Balaban J connectivity index is 1.33. The van der Waals surface area contributed by atoms with Gasteiger partial charge in [0.1, 0.15) is 22.6 Å². The van der Waals surface area contributed by atoms with Gasteiger partial charge in [0.2, 0.25) is 0 Å². The maximum Gasteiger partial charge on any atom is 0.274 e. The van der Waals surface area contributed by atoms with Crippen LogP contribution >= 0.6 is 0 Å². The van der Waals surface area contributed by atoms with Crippen molar-refractivity contribution in [3.8, 4) is 5.75 Å². The lowest BCUT2D eigenvalue weighted by Gasteiger charge is -2.12. The predicted octanol–water partition coefficient (Wildman–Crippen LogP) is 3.75. The van der Waals surface area contributed by atoms with Crippen molar-refractivity contribution in [2.75, 3.05) is 17.7 Å². The molecule has 5 aromatic rings. The molecule has 0 saturated carbocycles. The quantitative estimate of drug-likeness (QED) is 0.405. The standard InChI is InChI=1S/C25H23N7O3/c1-14-9-16(29-24(33)18-11-21-20(28-15(18)2)12-27-31(21)3)5-6-19(14)30-25(34)22-13-26-23-10-17(35-4)7-8-32(22)23/h5-13H,1-4H3,(H,29,33)(H,30,34). The molecule has 176 valence electrons. The van der Waals surface area contributed by atoms with Gasteiger partial charge in [0.25, 0.3) is 11.8 Å². The van der Waals surface area contributed by atoms with Gasteiger partial charge >= 0.3 is 0 Å². The van der Waals surface area contributed by atoms with Gasteiger partial charge < -0.3 is 15.4 Å². The molecule has 0 fully saturated rings. The molecule has 10 nitrogen and oxygen atoms in total. The minimum absolute atomic E-state index is 0.268. The molecule has 2 amide bonds. The van der Waals surface area contributed by atoms with Crippen LogP contribution in [-0.2, 0) is 7.05 Å². The Hall–Kier alpha value is -4.73. The van der Waals surface area contributed by atoms with Gasteiger partial charge in [-0.15, -0.1) is 0 Å². The molecule has 0 saturated heterocycles. The SMILES string of the molecule is COc1ccn2c(C(=O)Nc3ccc(NC(=O)c4cc5c(cnn5C)nc4C)cc3C)cnc2c1. The summed E-state index contributed by atoms with van der Waals surface area (Å²) in [7, 11) is 3.38. The Morgan fingerprint density at radius 2 is 1.83 bits per heavy atom. The van der Waals surface area contributed by atoms with Crippen LogP contribution in [0.4, 0.5) is 11.4 Å². The van der Waals surface area contributed by atoms with Crippen LogP contribution in [0.2, 0.25) is 0 Å². The fraction of sp³-hybridized carbons (Fsp3) is 0.160. The fourth-order valence-electron chi connectivity index (χ4n) is 3.92. The number of aromatic nitrogens is 5. The first-order valence-electron chi connectivity index (χ1n) is 10.9. The summed E-state index contributed by atoms with van der Waals surface area (Å²) in [6, 6.07) is 10.6. The number of carbonyl (C=O) groups excluding carboxylic acids is 2. The predicted molar refractivity (Wildman–Crippen MR) is 132 cm³/mol.